The molecule has 4 aromatic rings. The zero-order valence-corrected chi connectivity index (χ0v) is 16.5. The van der Waals surface area contributed by atoms with Crippen LogP contribution in [0.25, 0.3) is 16.7 Å². The van der Waals surface area contributed by atoms with Gasteiger partial charge in [-0.1, -0.05) is 6.07 Å². The van der Waals surface area contributed by atoms with Gasteiger partial charge < -0.3 is 14.2 Å². The Labute approximate surface area is 171 Å². The van der Waals surface area contributed by atoms with Crippen LogP contribution >= 0.6 is 0 Å². The second-order valence-corrected chi connectivity index (χ2v) is 7.30. The van der Waals surface area contributed by atoms with Gasteiger partial charge in [0.15, 0.2) is 0 Å². The third-order valence-electron chi connectivity index (χ3n) is 5.53. The standard InChI is InChI=1S/C20H21N7O3/c1-30-11-10-25-16(20(29)24-9-5-14(13-24)27-21-6-7-22-27)12-15-18(25)23-17-4-2-3-8-26(17)19(15)28/h2-4,6-8,12,14H,5,9-11,13H2,1H3. The van der Waals surface area contributed by atoms with E-state index in [0.717, 1.165) is 6.42 Å². The normalized spacial score (nSPS) is 16.7. The average molecular weight is 407 g/mol. The summed E-state index contributed by atoms with van der Waals surface area (Å²) in [7, 11) is 1.60. The number of methoxy groups -OCH3 is 1. The number of ether oxygens (including phenoxy) is 1. The molecule has 1 saturated heterocycles. The molecular formula is C20H21N7O3. The molecule has 10 heteroatoms. The van der Waals surface area contributed by atoms with Crippen molar-refractivity contribution in [2.45, 2.75) is 19.0 Å². The second kappa shape index (κ2) is 7.38. The van der Waals surface area contributed by atoms with Crippen molar-refractivity contribution in [3.63, 3.8) is 0 Å². The number of amides is 1. The van der Waals surface area contributed by atoms with Crippen molar-refractivity contribution in [3.8, 4) is 0 Å². The third-order valence-corrected chi connectivity index (χ3v) is 5.53. The van der Waals surface area contributed by atoms with Gasteiger partial charge in [-0.15, -0.1) is 0 Å². The average Bonchev–Trinajstić information content (AvgIpc) is 3.51. The van der Waals surface area contributed by atoms with Crippen LogP contribution in [-0.2, 0) is 11.3 Å². The van der Waals surface area contributed by atoms with Crippen LogP contribution in [-0.4, -0.2) is 66.6 Å². The van der Waals surface area contributed by atoms with Crippen LogP contribution in [0.2, 0.25) is 0 Å². The molecule has 1 fully saturated rings. The third kappa shape index (κ3) is 2.96. The van der Waals surface area contributed by atoms with Crippen molar-refractivity contribution in [2.24, 2.45) is 0 Å². The topological polar surface area (TPSA) is 99.5 Å². The van der Waals surface area contributed by atoms with E-state index in [9.17, 15) is 9.59 Å². The van der Waals surface area contributed by atoms with Crippen molar-refractivity contribution in [3.05, 3.63) is 58.9 Å². The molecule has 5 rings (SSSR count). The molecule has 5 heterocycles. The molecule has 0 aromatic carbocycles. The highest BCUT2D eigenvalue weighted by atomic mass is 16.5. The van der Waals surface area contributed by atoms with Gasteiger partial charge in [0.1, 0.15) is 17.0 Å². The maximum Gasteiger partial charge on any atom is 0.270 e. The fourth-order valence-corrected chi connectivity index (χ4v) is 4.03. The summed E-state index contributed by atoms with van der Waals surface area (Å²) >= 11 is 0. The Kier molecular flexibility index (Phi) is 4.55. The van der Waals surface area contributed by atoms with E-state index >= 15 is 0 Å². The minimum absolute atomic E-state index is 0.0482. The Morgan fingerprint density at radius 2 is 2.10 bits per heavy atom. The predicted molar refractivity (Wildman–Crippen MR) is 108 cm³/mol. The first-order valence-corrected chi connectivity index (χ1v) is 9.82. The summed E-state index contributed by atoms with van der Waals surface area (Å²) in [5, 5.41) is 8.80. The summed E-state index contributed by atoms with van der Waals surface area (Å²) in [6, 6.07) is 7.09. The maximum absolute atomic E-state index is 13.4. The van der Waals surface area contributed by atoms with E-state index in [1.54, 1.807) is 58.2 Å². The SMILES string of the molecule is COCCn1c(C(=O)N2CCC(n3nccn3)C2)cc2c(=O)n3ccccc3nc21. The number of carbonyl (C=O) groups is 1. The zero-order valence-electron chi connectivity index (χ0n) is 16.5. The van der Waals surface area contributed by atoms with Crippen LogP contribution in [0.5, 0.6) is 0 Å². The number of aromatic nitrogens is 6. The molecule has 0 aliphatic carbocycles. The molecule has 0 spiro atoms. The number of nitrogens with zero attached hydrogens (tertiary/aromatic N) is 7. The molecule has 0 radical (unpaired) electrons. The number of pyridine rings is 1. The molecule has 1 atom stereocenters. The van der Waals surface area contributed by atoms with Gasteiger partial charge >= 0.3 is 0 Å². The summed E-state index contributed by atoms with van der Waals surface area (Å²) in [5.74, 6) is -0.132. The number of likely N-dealkylation sites (tertiary alicyclic amines) is 1. The van der Waals surface area contributed by atoms with Gasteiger partial charge in [-0.3, -0.25) is 14.0 Å². The number of hydrogen-bond acceptors (Lipinski definition) is 6. The van der Waals surface area contributed by atoms with Gasteiger partial charge in [-0.2, -0.15) is 15.0 Å². The molecular weight excluding hydrogens is 386 g/mol. The first-order valence-electron chi connectivity index (χ1n) is 9.82. The lowest BCUT2D eigenvalue weighted by Crippen LogP contribution is -2.31. The molecule has 0 saturated carbocycles. The van der Waals surface area contributed by atoms with Crippen molar-refractivity contribution < 1.29 is 9.53 Å². The Hall–Kier alpha value is -3.53. The summed E-state index contributed by atoms with van der Waals surface area (Å²) in [6.07, 6.45) is 5.73. The first kappa shape index (κ1) is 18.5. The van der Waals surface area contributed by atoms with Crippen molar-refractivity contribution in [2.75, 3.05) is 26.8 Å². The monoisotopic (exact) mass is 407 g/mol. The van der Waals surface area contributed by atoms with E-state index in [4.69, 9.17) is 4.74 Å². The van der Waals surface area contributed by atoms with Crippen LogP contribution in [0, 0.1) is 0 Å². The molecule has 1 unspecified atom stereocenters. The number of carbonyl (C=O) groups excluding carboxylic acids is 1. The summed E-state index contributed by atoms with van der Waals surface area (Å²) in [6.45, 7) is 1.95. The van der Waals surface area contributed by atoms with Gasteiger partial charge in [0.2, 0.25) is 0 Å². The predicted octanol–water partition coefficient (Wildman–Crippen LogP) is 0.974. The van der Waals surface area contributed by atoms with Gasteiger partial charge in [0, 0.05) is 32.9 Å². The smallest absolute Gasteiger partial charge is 0.270 e. The van der Waals surface area contributed by atoms with Crippen LogP contribution in [0.4, 0.5) is 0 Å². The minimum atomic E-state index is -0.194. The first-order chi connectivity index (χ1) is 14.7. The Bertz CT molecular complexity index is 1280. The van der Waals surface area contributed by atoms with Crippen molar-refractivity contribution >= 4 is 22.6 Å². The number of fused-ring (bicyclic) bond motifs is 2. The fourth-order valence-electron chi connectivity index (χ4n) is 4.03. The van der Waals surface area contributed by atoms with Crippen molar-refractivity contribution in [1.29, 1.82) is 0 Å². The highest BCUT2D eigenvalue weighted by Gasteiger charge is 2.31. The molecule has 154 valence electrons. The van der Waals surface area contributed by atoms with E-state index in [2.05, 4.69) is 15.2 Å². The highest BCUT2D eigenvalue weighted by Crippen LogP contribution is 2.24. The lowest BCUT2D eigenvalue weighted by Gasteiger charge is -2.18. The summed E-state index contributed by atoms with van der Waals surface area (Å²) < 4.78 is 8.51. The zero-order chi connectivity index (χ0) is 20.7. The van der Waals surface area contributed by atoms with Crippen molar-refractivity contribution in [1.82, 2.24) is 33.8 Å². The highest BCUT2D eigenvalue weighted by molar-refractivity contribution is 5.98. The van der Waals surface area contributed by atoms with Crippen LogP contribution in [0.1, 0.15) is 23.0 Å². The van der Waals surface area contributed by atoms with E-state index in [0.29, 0.717) is 48.6 Å². The summed E-state index contributed by atoms with van der Waals surface area (Å²) in [4.78, 5) is 34.5. The van der Waals surface area contributed by atoms with Gasteiger partial charge in [0.05, 0.1) is 30.4 Å². The van der Waals surface area contributed by atoms with Gasteiger partial charge in [0.25, 0.3) is 11.5 Å². The molecule has 1 aliphatic rings. The van der Waals surface area contributed by atoms with E-state index in [1.807, 2.05) is 6.07 Å². The largest absolute Gasteiger partial charge is 0.383 e. The molecule has 4 aromatic heterocycles. The quantitative estimate of drug-likeness (QED) is 0.489. The minimum Gasteiger partial charge on any atom is -0.383 e. The van der Waals surface area contributed by atoms with E-state index in [1.165, 1.54) is 4.40 Å². The fraction of sp³-hybridized carbons (Fsp3) is 0.350. The molecule has 0 bridgehead atoms. The number of rotatable bonds is 5. The van der Waals surface area contributed by atoms with Crippen LogP contribution < -0.4 is 5.56 Å². The maximum atomic E-state index is 13.4. The summed E-state index contributed by atoms with van der Waals surface area (Å²) in [5.41, 5.74) is 1.28. The van der Waals surface area contributed by atoms with E-state index in [-0.39, 0.29) is 17.5 Å². The lowest BCUT2D eigenvalue weighted by atomic mass is 10.3. The second-order valence-electron chi connectivity index (χ2n) is 7.30. The molecule has 1 aliphatic heterocycles. The van der Waals surface area contributed by atoms with Crippen LogP contribution in [0.3, 0.4) is 0 Å². The van der Waals surface area contributed by atoms with Gasteiger partial charge in [-0.05, 0) is 24.6 Å². The molecule has 30 heavy (non-hydrogen) atoms. The Morgan fingerprint density at radius 3 is 2.90 bits per heavy atom. The lowest BCUT2D eigenvalue weighted by molar-refractivity contribution is 0.0773. The molecule has 0 N–H and O–H groups in total. The number of hydrogen-bond donors (Lipinski definition) is 0. The Balaban J connectivity index is 1.57. The van der Waals surface area contributed by atoms with E-state index < -0.39 is 0 Å². The van der Waals surface area contributed by atoms with Crippen LogP contribution in [0.15, 0.2) is 47.7 Å². The Morgan fingerprint density at radius 1 is 1.27 bits per heavy atom. The molecule has 10 nitrogen and oxygen atoms in total. The van der Waals surface area contributed by atoms with Gasteiger partial charge in [-0.25, -0.2) is 4.98 Å². The molecule has 1 amide bonds.